The van der Waals surface area contributed by atoms with Gasteiger partial charge in [-0.2, -0.15) is 0 Å². The van der Waals surface area contributed by atoms with Gasteiger partial charge < -0.3 is 24.6 Å². The third kappa shape index (κ3) is 6.69. The third-order valence-corrected chi connectivity index (χ3v) is 8.99. The van der Waals surface area contributed by atoms with Gasteiger partial charge in [0, 0.05) is 41.0 Å². The van der Waals surface area contributed by atoms with E-state index < -0.39 is 5.97 Å². The van der Waals surface area contributed by atoms with E-state index >= 15 is 0 Å². The summed E-state index contributed by atoms with van der Waals surface area (Å²) in [7, 11) is 7.79. The van der Waals surface area contributed by atoms with Crippen LogP contribution in [-0.4, -0.2) is 61.9 Å². The third-order valence-electron chi connectivity index (χ3n) is 8.60. The second kappa shape index (κ2) is 13.8. The Balaban J connectivity index is 0.000000472. The molecule has 226 valence electrons. The highest BCUT2D eigenvalue weighted by molar-refractivity contribution is 7.80. The molecule has 1 fully saturated rings. The molecule has 0 radical (unpaired) electrons. The summed E-state index contributed by atoms with van der Waals surface area (Å²) < 4.78 is 7.95. The number of hydrogen-bond acceptors (Lipinski definition) is 5. The molecule has 2 aliphatic rings. The lowest BCUT2D eigenvalue weighted by atomic mass is 9.81. The fourth-order valence-electron chi connectivity index (χ4n) is 6.42. The minimum Gasteiger partial charge on any atom is -0.497 e. The summed E-state index contributed by atoms with van der Waals surface area (Å²) in [5, 5.41) is 14.0. The number of fused-ring (bicyclic) bond motifs is 5. The van der Waals surface area contributed by atoms with Crippen molar-refractivity contribution < 1.29 is 14.6 Å². The molecule has 1 aliphatic carbocycles. The minimum absolute atomic E-state index is 0.317. The Kier molecular flexibility index (Phi) is 9.96. The molecular weight excluding hydrogens is 554 g/mol. The maximum atomic E-state index is 11.9. The van der Waals surface area contributed by atoms with Crippen LogP contribution in [0.5, 0.6) is 5.75 Å². The van der Waals surface area contributed by atoms with E-state index in [-0.39, 0.29) is 0 Å². The largest absolute Gasteiger partial charge is 0.497 e. The van der Waals surface area contributed by atoms with Gasteiger partial charge in [-0.05, 0) is 105 Å². The molecule has 7 heteroatoms. The van der Waals surface area contributed by atoms with Crippen molar-refractivity contribution in [2.75, 3.05) is 41.3 Å². The van der Waals surface area contributed by atoms with E-state index in [2.05, 4.69) is 53.2 Å². The number of aromatic carboxylic acids is 1. The summed E-state index contributed by atoms with van der Waals surface area (Å²) in [5.41, 5.74) is 8.37. The number of thiol groups is 1. The molecule has 0 spiro atoms. The molecule has 1 aromatic heterocycles. The lowest BCUT2D eigenvalue weighted by Gasteiger charge is -2.24. The maximum absolute atomic E-state index is 11.9. The van der Waals surface area contributed by atoms with Crippen LogP contribution in [-0.2, 0) is 6.54 Å². The Hall–Kier alpha value is -3.52. The van der Waals surface area contributed by atoms with Crippen LogP contribution < -0.4 is 10.1 Å². The number of nitrogens with zero attached hydrogens (tertiary/aromatic N) is 2. The van der Waals surface area contributed by atoms with Crippen molar-refractivity contribution >= 4 is 41.2 Å². The molecule has 3 aromatic carbocycles. The number of ether oxygens (including phenoxy) is 1. The highest BCUT2D eigenvalue weighted by Gasteiger charge is 2.30. The molecule has 6 rings (SSSR count). The van der Waals surface area contributed by atoms with E-state index in [9.17, 15) is 9.90 Å². The molecule has 0 amide bonds. The summed E-state index contributed by atoms with van der Waals surface area (Å²) in [6, 6.07) is 20.1. The number of likely N-dealkylation sites (N-methyl/N-ethyl adjacent to an activating group) is 2. The second-order valence-electron chi connectivity index (χ2n) is 11.8. The van der Waals surface area contributed by atoms with E-state index in [1.54, 1.807) is 13.2 Å². The number of allylic oxidation sites excluding steroid dienone is 1. The van der Waals surface area contributed by atoms with Crippen LogP contribution in [0, 0.1) is 0 Å². The zero-order valence-corrected chi connectivity index (χ0v) is 26.6. The molecular formula is C36H43N3O3S. The van der Waals surface area contributed by atoms with Gasteiger partial charge in [-0.25, -0.2) is 4.79 Å². The number of carboxylic acid groups (broad SMARTS) is 1. The molecule has 0 atom stereocenters. The van der Waals surface area contributed by atoms with Gasteiger partial charge in [0.05, 0.1) is 18.4 Å². The van der Waals surface area contributed by atoms with Crippen molar-refractivity contribution in [3.63, 3.8) is 0 Å². The number of methoxy groups -OCH3 is 1. The summed E-state index contributed by atoms with van der Waals surface area (Å²) >= 11 is 4.77. The topological polar surface area (TPSA) is 66.7 Å². The molecule has 0 unspecified atom stereocenters. The second-order valence-corrected chi connectivity index (χ2v) is 12.2. The monoisotopic (exact) mass is 597 g/mol. The summed E-state index contributed by atoms with van der Waals surface area (Å²) in [5.74, 6) is 0.379. The number of carbonyl (C=O) groups is 1. The van der Waals surface area contributed by atoms with Gasteiger partial charge in [0.1, 0.15) is 5.75 Å². The number of nitrogens with one attached hydrogen (secondary N) is 1. The van der Waals surface area contributed by atoms with Gasteiger partial charge in [-0.15, -0.1) is 12.6 Å². The molecule has 0 saturated heterocycles. The standard InChI is InChI=1S/C31H29NO3S.C5H14N2/c1-35-23-12-14-25-21(16-23)15-22(24-9-5-6-10-28(24)36)18-32-27-17-20(31(33)34)11-13-26(27)29(30(25)32)19-7-3-2-4-8-19;1-6-4-5-7(2)3/h5-6,9-17,19,36H,2-4,7-8,18H2,1H3,(H,33,34);6H,4-5H2,1-3H3. The molecule has 2 heterocycles. The van der Waals surface area contributed by atoms with Crippen molar-refractivity contribution in [2.45, 2.75) is 49.5 Å². The van der Waals surface area contributed by atoms with Gasteiger partial charge in [-0.1, -0.05) is 43.5 Å². The Labute approximate surface area is 260 Å². The van der Waals surface area contributed by atoms with Crippen LogP contribution in [0.25, 0.3) is 33.8 Å². The number of benzene rings is 3. The highest BCUT2D eigenvalue weighted by Crippen LogP contribution is 2.48. The van der Waals surface area contributed by atoms with Gasteiger partial charge >= 0.3 is 5.97 Å². The summed E-state index contributed by atoms with van der Waals surface area (Å²) in [6.45, 7) is 2.83. The first-order chi connectivity index (χ1) is 20.8. The molecule has 0 bridgehead atoms. The number of hydrogen-bond donors (Lipinski definition) is 3. The van der Waals surface area contributed by atoms with Crippen molar-refractivity contribution in [1.29, 1.82) is 0 Å². The van der Waals surface area contributed by atoms with Crippen molar-refractivity contribution in [3.8, 4) is 17.0 Å². The fraction of sp³-hybridized carbons (Fsp3) is 0.361. The van der Waals surface area contributed by atoms with E-state index in [0.717, 1.165) is 64.4 Å². The lowest BCUT2D eigenvalue weighted by Crippen LogP contribution is -2.23. The predicted octanol–water partition coefficient (Wildman–Crippen LogP) is 7.67. The van der Waals surface area contributed by atoms with E-state index in [1.165, 1.54) is 35.9 Å². The quantitative estimate of drug-likeness (QED) is 0.191. The van der Waals surface area contributed by atoms with Crippen molar-refractivity contribution in [2.24, 2.45) is 0 Å². The molecule has 6 nitrogen and oxygen atoms in total. The van der Waals surface area contributed by atoms with Crippen LogP contribution in [0.4, 0.5) is 0 Å². The average molecular weight is 598 g/mol. The Morgan fingerprint density at radius 1 is 1.05 bits per heavy atom. The Morgan fingerprint density at radius 3 is 2.47 bits per heavy atom. The van der Waals surface area contributed by atoms with Crippen LogP contribution >= 0.6 is 12.6 Å². The highest BCUT2D eigenvalue weighted by atomic mass is 32.1. The van der Waals surface area contributed by atoms with Gasteiger partial charge in [-0.3, -0.25) is 0 Å². The van der Waals surface area contributed by atoms with Crippen LogP contribution in [0.2, 0.25) is 0 Å². The lowest BCUT2D eigenvalue weighted by molar-refractivity contribution is 0.0697. The van der Waals surface area contributed by atoms with E-state index in [4.69, 9.17) is 17.4 Å². The summed E-state index contributed by atoms with van der Waals surface area (Å²) in [6.07, 6.45) is 8.32. The Morgan fingerprint density at radius 2 is 1.81 bits per heavy atom. The van der Waals surface area contributed by atoms with E-state index in [1.807, 2.05) is 43.4 Å². The van der Waals surface area contributed by atoms with Crippen molar-refractivity contribution in [3.05, 3.63) is 82.9 Å². The molecule has 1 aliphatic heterocycles. The molecule has 1 saturated carbocycles. The average Bonchev–Trinajstić information content (AvgIpc) is 3.23. The first-order valence-corrected chi connectivity index (χ1v) is 15.6. The fourth-order valence-corrected chi connectivity index (χ4v) is 6.72. The van der Waals surface area contributed by atoms with E-state index in [0.29, 0.717) is 18.0 Å². The first kappa shape index (κ1) is 30.9. The number of carboxylic acids is 1. The van der Waals surface area contributed by atoms with Crippen LogP contribution in [0.1, 0.15) is 65.1 Å². The number of aromatic nitrogens is 1. The Bertz CT molecular complexity index is 1630. The first-order valence-electron chi connectivity index (χ1n) is 15.2. The minimum atomic E-state index is -0.901. The van der Waals surface area contributed by atoms with Crippen LogP contribution in [0.3, 0.4) is 0 Å². The SMILES string of the molecule is CNCCN(C)C.COc1ccc2c(c1)C=C(c1ccccc1S)Cn1c-2c(C2CCCCC2)c2ccc(C(=O)O)cc21. The zero-order chi connectivity index (χ0) is 30.5. The van der Waals surface area contributed by atoms with Gasteiger partial charge in [0.15, 0.2) is 0 Å². The molecule has 2 N–H and O–H groups in total. The molecule has 43 heavy (non-hydrogen) atoms. The van der Waals surface area contributed by atoms with Gasteiger partial charge in [0.2, 0.25) is 0 Å². The number of rotatable bonds is 7. The normalized spacial score (nSPS) is 14.8. The van der Waals surface area contributed by atoms with Gasteiger partial charge in [0.25, 0.3) is 0 Å². The predicted molar refractivity (Wildman–Crippen MR) is 181 cm³/mol. The van der Waals surface area contributed by atoms with Crippen LogP contribution in [0.15, 0.2) is 65.6 Å². The smallest absolute Gasteiger partial charge is 0.335 e. The summed E-state index contributed by atoms with van der Waals surface area (Å²) in [4.78, 5) is 15.0. The zero-order valence-electron chi connectivity index (χ0n) is 25.7. The molecule has 4 aromatic rings. The maximum Gasteiger partial charge on any atom is 0.335 e. The van der Waals surface area contributed by atoms with Crippen molar-refractivity contribution in [1.82, 2.24) is 14.8 Å².